The van der Waals surface area contributed by atoms with Crippen LogP contribution in [0.5, 0.6) is 0 Å². The molecule has 12 heavy (non-hydrogen) atoms. The van der Waals surface area contributed by atoms with Crippen molar-refractivity contribution in [1.29, 1.82) is 0 Å². The molecular formula is C8H14O4. The molecule has 4 atom stereocenters. The van der Waals surface area contributed by atoms with Crippen molar-refractivity contribution in [1.82, 2.24) is 0 Å². The normalized spacial score (nSPS) is 41.6. The predicted molar refractivity (Wildman–Crippen MR) is 41.4 cm³/mol. The van der Waals surface area contributed by atoms with Crippen molar-refractivity contribution in [3.8, 4) is 0 Å². The quantitative estimate of drug-likeness (QED) is 0.581. The Hall–Kier alpha value is -0.450. The summed E-state index contributed by atoms with van der Waals surface area (Å²) in [4.78, 5) is 10.6. The van der Waals surface area contributed by atoms with Gasteiger partial charge in [0.05, 0.1) is 5.92 Å². The van der Waals surface area contributed by atoms with Crippen LogP contribution < -0.4 is 0 Å². The molecule has 4 heteroatoms. The Bertz CT molecular complexity index is 157. The van der Waals surface area contributed by atoms with E-state index in [4.69, 9.17) is 14.2 Å². The second-order valence-electron chi connectivity index (χ2n) is 2.92. The SMILES string of the molecule is COC1OC(OC)C(C=O)C1C. The van der Waals surface area contributed by atoms with Gasteiger partial charge in [-0.2, -0.15) is 0 Å². The summed E-state index contributed by atoms with van der Waals surface area (Å²) in [6, 6.07) is 0. The third-order valence-corrected chi connectivity index (χ3v) is 2.24. The van der Waals surface area contributed by atoms with Crippen LogP contribution in [0.4, 0.5) is 0 Å². The molecule has 1 heterocycles. The maximum absolute atomic E-state index is 10.6. The van der Waals surface area contributed by atoms with Crippen molar-refractivity contribution >= 4 is 6.29 Å². The molecular weight excluding hydrogens is 160 g/mol. The third-order valence-electron chi connectivity index (χ3n) is 2.24. The van der Waals surface area contributed by atoms with Crippen LogP contribution in [-0.2, 0) is 19.0 Å². The largest absolute Gasteiger partial charge is 0.355 e. The number of hydrogen-bond acceptors (Lipinski definition) is 4. The molecule has 0 saturated carbocycles. The molecule has 0 radical (unpaired) electrons. The fourth-order valence-corrected chi connectivity index (χ4v) is 1.45. The van der Waals surface area contributed by atoms with E-state index in [-0.39, 0.29) is 18.1 Å². The molecule has 4 unspecified atom stereocenters. The van der Waals surface area contributed by atoms with E-state index >= 15 is 0 Å². The molecule has 1 aliphatic heterocycles. The van der Waals surface area contributed by atoms with Gasteiger partial charge in [-0.1, -0.05) is 6.92 Å². The number of ether oxygens (including phenoxy) is 3. The molecule has 0 amide bonds. The van der Waals surface area contributed by atoms with Gasteiger partial charge in [-0.05, 0) is 0 Å². The summed E-state index contributed by atoms with van der Waals surface area (Å²) in [5, 5.41) is 0. The van der Waals surface area contributed by atoms with Gasteiger partial charge >= 0.3 is 0 Å². The van der Waals surface area contributed by atoms with E-state index < -0.39 is 6.29 Å². The van der Waals surface area contributed by atoms with Gasteiger partial charge in [0.1, 0.15) is 6.29 Å². The maximum Gasteiger partial charge on any atom is 0.170 e. The van der Waals surface area contributed by atoms with Gasteiger partial charge < -0.3 is 19.0 Å². The average molecular weight is 174 g/mol. The Morgan fingerprint density at radius 3 is 2.17 bits per heavy atom. The van der Waals surface area contributed by atoms with Gasteiger partial charge in [0.15, 0.2) is 12.6 Å². The van der Waals surface area contributed by atoms with Gasteiger partial charge in [-0.25, -0.2) is 0 Å². The van der Waals surface area contributed by atoms with Crippen molar-refractivity contribution in [2.75, 3.05) is 14.2 Å². The Morgan fingerprint density at radius 1 is 1.25 bits per heavy atom. The number of rotatable bonds is 3. The fourth-order valence-electron chi connectivity index (χ4n) is 1.45. The van der Waals surface area contributed by atoms with E-state index in [0.29, 0.717) is 0 Å². The first kappa shape index (κ1) is 9.64. The van der Waals surface area contributed by atoms with Crippen LogP contribution in [0.1, 0.15) is 6.92 Å². The molecule has 70 valence electrons. The molecule has 0 aliphatic carbocycles. The molecule has 0 spiro atoms. The number of hydrogen-bond donors (Lipinski definition) is 0. The first-order valence-electron chi connectivity index (χ1n) is 3.91. The first-order chi connectivity index (χ1) is 5.74. The maximum atomic E-state index is 10.6. The first-order valence-corrected chi connectivity index (χ1v) is 3.91. The highest BCUT2D eigenvalue weighted by atomic mass is 16.8. The minimum Gasteiger partial charge on any atom is -0.355 e. The highest BCUT2D eigenvalue weighted by Crippen LogP contribution is 2.31. The summed E-state index contributed by atoms with van der Waals surface area (Å²) < 4.78 is 15.3. The van der Waals surface area contributed by atoms with Gasteiger partial charge in [0.2, 0.25) is 0 Å². The van der Waals surface area contributed by atoms with Gasteiger partial charge in [0, 0.05) is 20.1 Å². The zero-order valence-corrected chi connectivity index (χ0v) is 7.52. The van der Waals surface area contributed by atoms with Gasteiger partial charge in [-0.3, -0.25) is 0 Å². The zero-order chi connectivity index (χ0) is 9.14. The van der Waals surface area contributed by atoms with Gasteiger partial charge in [0.25, 0.3) is 0 Å². The van der Waals surface area contributed by atoms with Crippen molar-refractivity contribution in [2.45, 2.75) is 19.5 Å². The van der Waals surface area contributed by atoms with E-state index in [1.807, 2.05) is 6.92 Å². The molecule has 1 saturated heterocycles. The topological polar surface area (TPSA) is 44.8 Å². The highest BCUT2D eigenvalue weighted by Gasteiger charge is 2.42. The number of carbonyl (C=O) groups excluding carboxylic acids is 1. The molecule has 1 aliphatic rings. The lowest BCUT2D eigenvalue weighted by Gasteiger charge is -2.11. The molecule has 0 bridgehead atoms. The summed E-state index contributed by atoms with van der Waals surface area (Å²) in [6.45, 7) is 1.91. The molecule has 0 aromatic heterocycles. The Kier molecular flexibility index (Phi) is 3.20. The van der Waals surface area contributed by atoms with Crippen LogP contribution in [0, 0.1) is 11.8 Å². The molecule has 0 aromatic rings. The second kappa shape index (κ2) is 3.98. The third kappa shape index (κ3) is 1.50. The highest BCUT2D eigenvalue weighted by molar-refractivity contribution is 5.55. The minimum atomic E-state index is -0.456. The van der Waals surface area contributed by atoms with Crippen molar-refractivity contribution < 1.29 is 19.0 Å². The molecule has 1 rings (SSSR count). The van der Waals surface area contributed by atoms with Crippen LogP contribution in [0.3, 0.4) is 0 Å². The van der Waals surface area contributed by atoms with Crippen LogP contribution in [0.15, 0.2) is 0 Å². The van der Waals surface area contributed by atoms with Crippen LogP contribution in [0.2, 0.25) is 0 Å². The number of methoxy groups -OCH3 is 2. The molecule has 0 aromatic carbocycles. The lowest BCUT2D eigenvalue weighted by Crippen LogP contribution is -2.22. The van der Waals surface area contributed by atoms with E-state index in [2.05, 4.69) is 0 Å². The average Bonchev–Trinajstić information content (AvgIpc) is 2.41. The van der Waals surface area contributed by atoms with E-state index in [1.165, 1.54) is 7.11 Å². The monoisotopic (exact) mass is 174 g/mol. The summed E-state index contributed by atoms with van der Waals surface area (Å²) in [6.07, 6.45) is 0.0744. The summed E-state index contributed by atoms with van der Waals surface area (Å²) in [5.74, 6) is -0.169. The number of aldehydes is 1. The van der Waals surface area contributed by atoms with Crippen molar-refractivity contribution in [2.24, 2.45) is 11.8 Å². The standard InChI is InChI=1S/C8H14O4/c1-5-6(4-9)8(11-3)12-7(5)10-2/h4-8H,1-3H3. The predicted octanol–water partition coefficient (Wildman–Crippen LogP) is 0.413. The lowest BCUT2D eigenvalue weighted by molar-refractivity contribution is -0.196. The molecule has 0 N–H and O–H groups in total. The molecule has 1 fully saturated rings. The van der Waals surface area contributed by atoms with Crippen molar-refractivity contribution in [3.05, 3.63) is 0 Å². The Labute approximate surface area is 71.8 Å². The fraction of sp³-hybridized carbons (Fsp3) is 0.875. The van der Waals surface area contributed by atoms with Gasteiger partial charge in [-0.15, -0.1) is 0 Å². The zero-order valence-electron chi connectivity index (χ0n) is 7.52. The van der Waals surface area contributed by atoms with E-state index in [1.54, 1.807) is 7.11 Å². The van der Waals surface area contributed by atoms with E-state index in [0.717, 1.165) is 6.29 Å². The smallest absolute Gasteiger partial charge is 0.170 e. The summed E-state index contributed by atoms with van der Waals surface area (Å²) in [7, 11) is 3.08. The molecule has 4 nitrogen and oxygen atoms in total. The lowest BCUT2D eigenvalue weighted by atomic mass is 9.97. The Morgan fingerprint density at radius 2 is 1.83 bits per heavy atom. The summed E-state index contributed by atoms with van der Waals surface area (Å²) >= 11 is 0. The van der Waals surface area contributed by atoms with E-state index in [9.17, 15) is 4.79 Å². The summed E-state index contributed by atoms with van der Waals surface area (Å²) in [5.41, 5.74) is 0. The Balaban J connectivity index is 2.64. The second-order valence-corrected chi connectivity index (χ2v) is 2.92. The minimum absolute atomic E-state index is 0.0532. The number of carbonyl (C=O) groups is 1. The van der Waals surface area contributed by atoms with Crippen molar-refractivity contribution in [3.63, 3.8) is 0 Å². The van der Waals surface area contributed by atoms with Crippen LogP contribution in [0.25, 0.3) is 0 Å². The van der Waals surface area contributed by atoms with Crippen LogP contribution >= 0.6 is 0 Å². The van der Waals surface area contributed by atoms with Crippen LogP contribution in [-0.4, -0.2) is 33.1 Å².